The molecule has 3 nitrogen and oxygen atoms in total. The second kappa shape index (κ2) is 4.73. The van der Waals surface area contributed by atoms with Crippen molar-refractivity contribution in [3.63, 3.8) is 0 Å². The molecule has 0 bridgehead atoms. The Bertz CT molecular complexity index is 356. The Kier molecular flexibility index (Phi) is 3.61. The highest BCUT2D eigenvalue weighted by Crippen LogP contribution is 2.17. The molecule has 0 saturated heterocycles. The monoisotopic (exact) mass is 206 g/mol. The van der Waals surface area contributed by atoms with Gasteiger partial charge in [-0.25, -0.2) is 0 Å². The minimum Gasteiger partial charge on any atom is -0.481 e. The molecule has 1 aromatic carbocycles. The molecule has 0 aliphatic heterocycles. The number of aliphatic carboxylic acids is 1. The van der Waals surface area contributed by atoms with Crippen molar-refractivity contribution in [3.05, 3.63) is 35.9 Å². The lowest BCUT2D eigenvalue weighted by atomic mass is 9.88. The van der Waals surface area contributed by atoms with Crippen molar-refractivity contribution < 1.29 is 14.7 Å². The molecule has 1 aromatic rings. The van der Waals surface area contributed by atoms with Crippen molar-refractivity contribution in [2.45, 2.75) is 13.8 Å². The van der Waals surface area contributed by atoms with E-state index in [0.717, 1.165) is 0 Å². The maximum Gasteiger partial charge on any atom is 0.306 e. The van der Waals surface area contributed by atoms with Gasteiger partial charge in [0.25, 0.3) is 0 Å². The quantitative estimate of drug-likeness (QED) is 0.768. The number of benzene rings is 1. The zero-order chi connectivity index (χ0) is 11.4. The molecular formula is C12H14O3. The van der Waals surface area contributed by atoms with E-state index in [0.29, 0.717) is 5.56 Å². The van der Waals surface area contributed by atoms with Gasteiger partial charge in [0.05, 0.1) is 5.92 Å². The first-order chi connectivity index (χ1) is 7.04. The van der Waals surface area contributed by atoms with Crippen LogP contribution < -0.4 is 0 Å². The third kappa shape index (κ3) is 2.65. The van der Waals surface area contributed by atoms with Gasteiger partial charge in [-0.2, -0.15) is 0 Å². The number of carboxylic acid groups (broad SMARTS) is 1. The molecule has 0 fully saturated rings. The number of carboxylic acids is 1. The summed E-state index contributed by atoms with van der Waals surface area (Å²) >= 11 is 0. The van der Waals surface area contributed by atoms with Gasteiger partial charge in [-0.15, -0.1) is 0 Å². The van der Waals surface area contributed by atoms with Crippen LogP contribution in [0.3, 0.4) is 0 Å². The van der Waals surface area contributed by atoms with Gasteiger partial charge in [-0.3, -0.25) is 9.59 Å². The topological polar surface area (TPSA) is 54.4 Å². The lowest BCUT2D eigenvalue weighted by Gasteiger charge is -2.14. The number of rotatable bonds is 4. The van der Waals surface area contributed by atoms with Gasteiger partial charge in [0.15, 0.2) is 5.78 Å². The fourth-order valence-corrected chi connectivity index (χ4v) is 1.31. The number of carbonyl (C=O) groups is 2. The first kappa shape index (κ1) is 11.4. The van der Waals surface area contributed by atoms with Crippen LogP contribution in [0.4, 0.5) is 0 Å². The fourth-order valence-electron chi connectivity index (χ4n) is 1.31. The van der Waals surface area contributed by atoms with Crippen LogP contribution in [0.25, 0.3) is 0 Å². The third-order valence-electron chi connectivity index (χ3n) is 2.61. The smallest absolute Gasteiger partial charge is 0.306 e. The van der Waals surface area contributed by atoms with Crippen LogP contribution in [0.1, 0.15) is 24.2 Å². The van der Waals surface area contributed by atoms with Gasteiger partial charge >= 0.3 is 5.97 Å². The van der Waals surface area contributed by atoms with Crippen LogP contribution in [0.5, 0.6) is 0 Å². The van der Waals surface area contributed by atoms with Crippen molar-refractivity contribution in [2.24, 2.45) is 11.8 Å². The van der Waals surface area contributed by atoms with Crippen LogP contribution >= 0.6 is 0 Å². The lowest BCUT2D eigenvalue weighted by Crippen LogP contribution is -2.25. The normalized spacial score (nSPS) is 14.3. The zero-order valence-corrected chi connectivity index (χ0v) is 8.81. The second-order valence-electron chi connectivity index (χ2n) is 3.65. The number of hydrogen-bond acceptors (Lipinski definition) is 2. The molecule has 0 radical (unpaired) electrons. The van der Waals surface area contributed by atoms with E-state index in [1.165, 1.54) is 0 Å². The molecule has 0 aromatic heterocycles. The lowest BCUT2D eigenvalue weighted by molar-refractivity contribution is -0.142. The summed E-state index contributed by atoms with van der Waals surface area (Å²) in [6.07, 6.45) is 0. The van der Waals surface area contributed by atoms with E-state index in [1.54, 1.807) is 38.1 Å². The average Bonchev–Trinajstić information content (AvgIpc) is 2.27. The Balaban J connectivity index is 2.82. The van der Waals surface area contributed by atoms with E-state index in [9.17, 15) is 9.59 Å². The second-order valence-corrected chi connectivity index (χ2v) is 3.65. The van der Waals surface area contributed by atoms with Crippen molar-refractivity contribution in [2.75, 3.05) is 0 Å². The predicted molar refractivity (Wildman–Crippen MR) is 56.7 cm³/mol. The van der Waals surface area contributed by atoms with E-state index < -0.39 is 17.8 Å². The Morgan fingerprint density at radius 3 is 2.07 bits per heavy atom. The van der Waals surface area contributed by atoms with Crippen LogP contribution in [0, 0.1) is 11.8 Å². The molecule has 15 heavy (non-hydrogen) atoms. The number of hydrogen-bond donors (Lipinski definition) is 1. The van der Waals surface area contributed by atoms with Crippen LogP contribution in [-0.4, -0.2) is 16.9 Å². The van der Waals surface area contributed by atoms with E-state index in [1.807, 2.05) is 6.07 Å². The van der Waals surface area contributed by atoms with Crippen molar-refractivity contribution in [1.29, 1.82) is 0 Å². The Morgan fingerprint density at radius 1 is 1.07 bits per heavy atom. The van der Waals surface area contributed by atoms with Gasteiger partial charge in [0.2, 0.25) is 0 Å². The molecule has 80 valence electrons. The van der Waals surface area contributed by atoms with Crippen molar-refractivity contribution in [3.8, 4) is 0 Å². The van der Waals surface area contributed by atoms with Gasteiger partial charge in [-0.05, 0) is 0 Å². The van der Waals surface area contributed by atoms with Crippen molar-refractivity contribution in [1.82, 2.24) is 0 Å². The number of Topliss-reactive ketones (excluding diaryl/α,β-unsaturated/α-hetero) is 1. The minimum atomic E-state index is -0.938. The molecule has 0 heterocycles. The summed E-state index contributed by atoms with van der Waals surface area (Å²) in [5.41, 5.74) is 0.568. The molecule has 0 aliphatic rings. The highest BCUT2D eigenvalue weighted by atomic mass is 16.4. The molecule has 1 N–H and O–H groups in total. The van der Waals surface area contributed by atoms with E-state index in [4.69, 9.17) is 5.11 Å². The Hall–Kier alpha value is -1.64. The molecule has 3 heteroatoms. The molecule has 2 unspecified atom stereocenters. The predicted octanol–water partition coefficient (Wildman–Crippen LogP) is 2.23. The highest BCUT2D eigenvalue weighted by molar-refractivity contribution is 5.99. The highest BCUT2D eigenvalue weighted by Gasteiger charge is 2.26. The molecule has 0 aliphatic carbocycles. The summed E-state index contributed by atoms with van der Waals surface area (Å²) in [6, 6.07) is 8.76. The standard InChI is InChI=1S/C12H14O3/c1-8(9(2)12(14)15)11(13)10-6-4-3-5-7-10/h3-9H,1-2H3,(H,14,15). The summed E-state index contributed by atoms with van der Waals surface area (Å²) in [6.45, 7) is 3.20. The summed E-state index contributed by atoms with van der Waals surface area (Å²) in [7, 11) is 0. The largest absolute Gasteiger partial charge is 0.481 e. The third-order valence-corrected chi connectivity index (χ3v) is 2.61. The summed E-state index contributed by atoms with van der Waals surface area (Å²) < 4.78 is 0. The van der Waals surface area contributed by atoms with Crippen LogP contribution in [-0.2, 0) is 4.79 Å². The fraction of sp³-hybridized carbons (Fsp3) is 0.333. The molecular weight excluding hydrogens is 192 g/mol. The average molecular weight is 206 g/mol. The molecule has 0 saturated carbocycles. The van der Waals surface area contributed by atoms with Gasteiger partial charge in [-0.1, -0.05) is 44.2 Å². The van der Waals surface area contributed by atoms with Gasteiger partial charge < -0.3 is 5.11 Å². The Morgan fingerprint density at radius 2 is 1.60 bits per heavy atom. The number of carbonyl (C=O) groups excluding carboxylic acids is 1. The minimum absolute atomic E-state index is 0.120. The maximum atomic E-state index is 11.8. The Labute approximate surface area is 88.7 Å². The maximum absolute atomic E-state index is 11.8. The van der Waals surface area contributed by atoms with Crippen molar-refractivity contribution >= 4 is 11.8 Å². The molecule has 2 atom stereocenters. The summed E-state index contributed by atoms with van der Waals surface area (Å²) in [5.74, 6) is -2.21. The van der Waals surface area contributed by atoms with Crippen LogP contribution in [0.15, 0.2) is 30.3 Å². The first-order valence-electron chi connectivity index (χ1n) is 4.86. The first-order valence-corrected chi connectivity index (χ1v) is 4.86. The van der Waals surface area contributed by atoms with E-state index >= 15 is 0 Å². The van der Waals surface area contributed by atoms with Gasteiger partial charge in [0.1, 0.15) is 0 Å². The van der Waals surface area contributed by atoms with Crippen LogP contribution in [0.2, 0.25) is 0 Å². The molecule has 1 rings (SSSR count). The van der Waals surface area contributed by atoms with E-state index in [2.05, 4.69) is 0 Å². The number of ketones is 1. The molecule has 0 amide bonds. The van der Waals surface area contributed by atoms with Gasteiger partial charge in [0, 0.05) is 11.5 Å². The van der Waals surface area contributed by atoms with E-state index in [-0.39, 0.29) is 5.78 Å². The summed E-state index contributed by atoms with van der Waals surface area (Å²) in [5, 5.41) is 8.80. The SMILES string of the molecule is CC(C(=O)O)C(C)C(=O)c1ccccc1. The zero-order valence-electron chi connectivity index (χ0n) is 8.81. The molecule has 0 spiro atoms. The summed E-state index contributed by atoms with van der Waals surface area (Å²) in [4.78, 5) is 22.6.